The number of aryl methyl sites for hydroxylation is 2. The molecule has 0 aromatic heterocycles. The van der Waals surface area contributed by atoms with Gasteiger partial charge in [-0.2, -0.15) is 0 Å². The summed E-state index contributed by atoms with van der Waals surface area (Å²) in [5.74, 6) is -0.0230. The van der Waals surface area contributed by atoms with Crippen LogP contribution >= 0.6 is 7.92 Å². The van der Waals surface area contributed by atoms with Crippen LogP contribution in [-0.2, 0) is 0 Å². The first-order valence-corrected chi connectivity index (χ1v) is 11.1. The minimum absolute atomic E-state index is 0.0230. The van der Waals surface area contributed by atoms with Crippen LogP contribution in [0, 0.1) is 20.8 Å². The van der Waals surface area contributed by atoms with E-state index in [1.165, 1.54) is 0 Å². The zero-order chi connectivity index (χ0) is 20.3. The third kappa shape index (κ3) is 3.84. The fourth-order valence-electron chi connectivity index (χ4n) is 3.78. The second-order valence-corrected chi connectivity index (χ2v) is 9.38. The second-order valence-electron chi connectivity index (χ2n) is 6.97. The Balaban J connectivity index is 2.12. The van der Waals surface area contributed by atoms with Gasteiger partial charge in [0.2, 0.25) is 0 Å². The molecule has 2 nitrogen and oxygen atoms in total. The number of hydrogen-bond donors (Lipinski definition) is 0. The van der Waals surface area contributed by atoms with Crippen LogP contribution in [0.5, 0.6) is 0 Å². The van der Waals surface area contributed by atoms with E-state index >= 15 is 0 Å². The number of rotatable bonds is 6. The van der Waals surface area contributed by atoms with Crippen LogP contribution < -0.4 is 5.30 Å². The molecule has 0 radical (unpaired) electrons. The van der Waals surface area contributed by atoms with Gasteiger partial charge >= 0.3 is 0 Å². The zero-order valence-electron chi connectivity index (χ0n) is 16.8. The van der Waals surface area contributed by atoms with E-state index in [-0.39, 0.29) is 11.3 Å². The maximum absolute atomic E-state index is 13.6. The molecule has 3 aromatic rings. The van der Waals surface area contributed by atoms with Gasteiger partial charge in [0.1, 0.15) is 0 Å². The average Bonchev–Trinajstić information content (AvgIpc) is 2.69. The lowest BCUT2D eigenvalue weighted by molar-refractivity contribution is 0.103. The monoisotopic (exact) mass is 388 g/mol. The lowest BCUT2D eigenvalue weighted by Gasteiger charge is -2.20. The molecule has 3 heteroatoms. The Morgan fingerprint density at radius 2 is 1.32 bits per heavy atom. The third-order valence-corrected chi connectivity index (χ3v) is 7.35. The van der Waals surface area contributed by atoms with E-state index in [4.69, 9.17) is 0 Å². The van der Waals surface area contributed by atoms with Crippen LogP contribution in [0.2, 0.25) is 0 Å². The predicted molar refractivity (Wildman–Crippen MR) is 118 cm³/mol. The van der Waals surface area contributed by atoms with Gasteiger partial charge in [-0.1, -0.05) is 73.7 Å². The fraction of sp³-hybridized carbons (Fsp3) is 0.200. The van der Waals surface area contributed by atoms with Gasteiger partial charge in [0.25, 0.3) is 0 Å². The van der Waals surface area contributed by atoms with Crippen molar-refractivity contribution in [1.29, 1.82) is 0 Å². The summed E-state index contributed by atoms with van der Waals surface area (Å²) in [5.41, 5.74) is 4.83. The summed E-state index contributed by atoms with van der Waals surface area (Å²) in [4.78, 5) is 26.7. The van der Waals surface area contributed by atoms with Crippen molar-refractivity contribution in [1.82, 2.24) is 0 Å². The summed E-state index contributed by atoms with van der Waals surface area (Å²) in [6.07, 6.45) is 0.785. The minimum Gasteiger partial charge on any atom is -0.289 e. The van der Waals surface area contributed by atoms with Gasteiger partial charge in [-0.15, -0.1) is 0 Å². The normalized spacial score (nSPS) is 11.9. The fourth-order valence-corrected chi connectivity index (χ4v) is 5.82. The molecule has 1 atom stereocenters. The highest BCUT2D eigenvalue weighted by Gasteiger charge is 2.26. The Labute approximate surface area is 168 Å². The molecule has 0 saturated heterocycles. The molecule has 28 heavy (non-hydrogen) atoms. The molecule has 0 aliphatic heterocycles. The largest absolute Gasteiger partial charge is 0.289 e. The first-order chi connectivity index (χ1) is 13.5. The van der Waals surface area contributed by atoms with Crippen LogP contribution in [0.4, 0.5) is 0 Å². The van der Waals surface area contributed by atoms with Crippen molar-refractivity contribution in [2.45, 2.75) is 27.7 Å². The maximum Gasteiger partial charge on any atom is 0.193 e. The SMILES string of the molecule is CCP(C(=O)c1c(C)cc(C)c(C(=O)c2ccccc2)c1C)c1ccccc1. The highest BCUT2D eigenvalue weighted by molar-refractivity contribution is 7.82. The molecule has 0 aliphatic carbocycles. The van der Waals surface area contributed by atoms with Crippen molar-refractivity contribution in [3.8, 4) is 0 Å². The van der Waals surface area contributed by atoms with Crippen molar-refractivity contribution in [3.63, 3.8) is 0 Å². The molecular formula is C25H25O2P. The van der Waals surface area contributed by atoms with Gasteiger partial charge in [0, 0.05) is 24.6 Å². The molecule has 0 saturated carbocycles. The highest BCUT2D eigenvalue weighted by Crippen LogP contribution is 2.41. The van der Waals surface area contributed by atoms with E-state index in [9.17, 15) is 9.59 Å². The van der Waals surface area contributed by atoms with Gasteiger partial charge < -0.3 is 0 Å². The third-order valence-electron chi connectivity index (χ3n) is 5.08. The Kier molecular flexibility index (Phi) is 6.21. The van der Waals surface area contributed by atoms with E-state index in [1.54, 1.807) is 0 Å². The van der Waals surface area contributed by atoms with Crippen LogP contribution in [-0.4, -0.2) is 17.5 Å². The van der Waals surface area contributed by atoms with Gasteiger partial charge in [-0.25, -0.2) is 0 Å². The van der Waals surface area contributed by atoms with E-state index in [2.05, 4.69) is 6.92 Å². The zero-order valence-corrected chi connectivity index (χ0v) is 17.7. The van der Waals surface area contributed by atoms with Crippen molar-refractivity contribution in [3.05, 3.63) is 100 Å². The second kappa shape index (κ2) is 8.63. The lowest BCUT2D eigenvalue weighted by atomic mass is 9.89. The van der Waals surface area contributed by atoms with Crippen LogP contribution in [0.1, 0.15) is 49.9 Å². The van der Waals surface area contributed by atoms with Crippen molar-refractivity contribution in [2.75, 3.05) is 6.16 Å². The quantitative estimate of drug-likeness (QED) is 0.394. The number of ketones is 1. The molecule has 0 heterocycles. The molecule has 3 aromatic carbocycles. The summed E-state index contributed by atoms with van der Waals surface area (Å²) < 4.78 is 0. The molecule has 3 rings (SSSR count). The Hall–Kier alpha value is -2.57. The van der Waals surface area contributed by atoms with Crippen molar-refractivity contribution in [2.24, 2.45) is 0 Å². The summed E-state index contributed by atoms with van der Waals surface area (Å²) >= 11 is 0. The number of carbonyl (C=O) groups excluding carboxylic acids is 2. The van der Waals surface area contributed by atoms with Gasteiger partial charge in [0.05, 0.1) is 0 Å². The lowest BCUT2D eigenvalue weighted by Crippen LogP contribution is -2.16. The first-order valence-electron chi connectivity index (χ1n) is 9.53. The summed E-state index contributed by atoms with van der Waals surface area (Å²) in [7, 11) is -0.969. The van der Waals surface area contributed by atoms with Crippen LogP contribution in [0.15, 0.2) is 66.7 Å². The maximum atomic E-state index is 13.6. The summed E-state index contributed by atoms with van der Waals surface area (Å²) in [6.45, 7) is 7.89. The van der Waals surface area contributed by atoms with Crippen LogP contribution in [0.25, 0.3) is 0 Å². The minimum atomic E-state index is -0.969. The van der Waals surface area contributed by atoms with Gasteiger partial charge in [-0.05, 0) is 48.9 Å². The topological polar surface area (TPSA) is 34.1 Å². The first kappa shape index (κ1) is 20.2. The molecule has 0 fully saturated rings. The Morgan fingerprint density at radius 1 is 0.786 bits per heavy atom. The summed E-state index contributed by atoms with van der Waals surface area (Å²) in [6, 6.07) is 21.2. The highest BCUT2D eigenvalue weighted by atomic mass is 31.1. The van der Waals surface area contributed by atoms with E-state index in [0.29, 0.717) is 16.7 Å². The van der Waals surface area contributed by atoms with Gasteiger partial charge in [0.15, 0.2) is 11.3 Å². The summed E-state index contributed by atoms with van der Waals surface area (Å²) in [5, 5.41) is 1.08. The van der Waals surface area contributed by atoms with E-state index in [1.807, 2.05) is 87.5 Å². The van der Waals surface area contributed by atoms with Crippen LogP contribution in [0.3, 0.4) is 0 Å². The molecule has 142 valence electrons. The van der Waals surface area contributed by atoms with Gasteiger partial charge in [-0.3, -0.25) is 9.59 Å². The number of hydrogen-bond acceptors (Lipinski definition) is 2. The molecule has 0 spiro atoms. The molecule has 0 aliphatic rings. The molecular weight excluding hydrogens is 363 g/mol. The average molecular weight is 388 g/mol. The molecule has 0 N–H and O–H groups in total. The standard InChI is InChI=1S/C25H25O2P/c1-5-28(21-14-10-7-11-15-21)25(27)23-18(3)16-17(2)22(19(23)4)24(26)20-12-8-6-9-13-20/h6-16H,5H2,1-4H3. The Morgan fingerprint density at radius 3 is 1.89 bits per heavy atom. The van der Waals surface area contributed by atoms with Crippen molar-refractivity contribution < 1.29 is 9.59 Å². The predicted octanol–water partition coefficient (Wildman–Crippen LogP) is 5.81. The molecule has 0 bridgehead atoms. The molecule has 0 amide bonds. The number of benzene rings is 3. The van der Waals surface area contributed by atoms with E-state index in [0.717, 1.165) is 28.2 Å². The van der Waals surface area contributed by atoms with E-state index < -0.39 is 7.92 Å². The number of carbonyl (C=O) groups is 2. The smallest absolute Gasteiger partial charge is 0.193 e. The Bertz CT molecular complexity index is 1010. The molecule has 1 unspecified atom stereocenters. The van der Waals surface area contributed by atoms with Crippen molar-refractivity contribution >= 4 is 24.5 Å².